The molecular weight excluding hydrogens is 276 g/mol. The fourth-order valence-electron chi connectivity index (χ4n) is 1.76. The maximum absolute atomic E-state index is 11.8. The van der Waals surface area contributed by atoms with Crippen molar-refractivity contribution in [2.75, 3.05) is 12.3 Å². The second-order valence-corrected chi connectivity index (χ2v) is 4.88. The second-order valence-electron chi connectivity index (χ2n) is 4.88. The Kier molecular flexibility index (Phi) is 4.36. The molecule has 1 aliphatic carbocycles. The Morgan fingerprint density at radius 2 is 2.10 bits per heavy atom. The highest BCUT2D eigenvalue weighted by atomic mass is 16.6. The monoisotopic (exact) mass is 292 g/mol. The van der Waals surface area contributed by atoms with Crippen LogP contribution in [0.15, 0.2) is 18.2 Å². The van der Waals surface area contributed by atoms with E-state index >= 15 is 0 Å². The fraction of sp³-hybridized carbons (Fsp3) is 0.385. The summed E-state index contributed by atoms with van der Waals surface area (Å²) >= 11 is 0. The van der Waals surface area contributed by atoms with Crippen molar-refractivity contribution in [2.24, 2.45) is 0 Å². The minimum atomic E-state index is -0.644. The van der Waals surface area contributed by atoms with Crippen LogP contribution >= 0.6 is 0 Å². The molecule has 0 aliphatic heterocycles. The number of nitrogens with two attached hydrogens (primary N) is 1. The highest BCUT2D eigenvalue weighted by Crippen LogP contribution is 2.22. The molecule has 8 nitrogen and oxygen atoms in total. The van der Waals surface area contributed by atoms with E-state index in [2.05, 4.69) is 10.6 Å². The van der Waals surface area contributed by atoms with Crippen LogP contribution in [-0.4, -0.2) is 29.3 Å². The van der Waals surface area contributed by atoms with Gasteiger partial charge in [-0.3, -0.25) is 19.7 Å². The minimum Gasteiger partial charge on any atom is -0.393 e. The van der Waals surface area contributed by atoms with Gasteiger partial charge in [-0.25, -0.2) is 0 Å². The number of anilines is 1. The lowest BCUT2D eigenvalue weighted by Crippen LogP contribution is -2.31. The van der Waals surface area contributed by atoms with Crippen molar-refractivity contribution in [2.45, 2.75) is 25.3 Å². The first kappa shape index (κ1) is 14.8. The number of nitrogen functional groups attached to an aromatic ring is 1. The summed E-state index contributed by atoms with van der Waals surface area (Å²) in [6.45, 7) is 0.176. The zero-order chi connectivity index (χ0) is 15.4. The largest absolute Gasteiger partial charge is 0.393 e. The number of rotatable bonds is 6. The van der Waals surface area contributed by atoms with E-state index in [0.29, 0.717) is 0 Å². The Morgan fingerprint density at radius 1 is 1.38 bits per heavy atom. The average molecular weight is 292 g/mol. The third kappa shape index (κ3) is 4.16. The van der Waals surface area contributed by atoms with Crippen molar-refractivity contribution in [1.82, 2.24) is 10.6 Å². The molecule has 1 aromatic carbocycles. The molecule has 2 rings (SSSR count). The lowest BCUT2D eigenvalue weighted by Gasteiger charge is -2.06. The van der Waals surface area contributed by atoms with E-state index in [1.165, 1.54) is 12.1 Å². The maximum Gasteiger partial charge on any atom is 0.292 e. The van der Waals surface area contributed by atoms with E-state index in [0.717, 1.165) is 18.9 Å². The highest BCUT2D eigenvalue weighted by Gasteiger charge is 2.23. The van der Waals surface area contributed by atoms with Gasteiger partial charge in [-0.05, 0) is 25.0 Å². The first-order chi connectivity index (χ1) is 9.97. The number of carbonyl (C=O) groups is 2. The smallest absolute Gasteiger partial charge is 0.292 e. The number of nitro benzene ring substituents is 1. The van der Waals surface area contributed by atoms with E-state index < -0.39 is 10.8 Å². The summed E-state index contributed by atoms with van der Waals surface area (Å²) in [5.41, 5.74) is 5.28. The number of hydrogen-bond donors (Lipinski definition) is 3. The summed E-state index contributed by atoms with van der Waals surface area (Å²) < 4.78 is 0. The number of nitro groups is 1. The number of amides is 2. The lowest BCUT2D eigenvalue weighted by atomic mass is 10.1. The maximum atomic E-state index is 11.8. The van der Waals surface area contributed by atoms with Crippen LogP contribution in [0.2, 0.25) is 0 Å². The zero-order valence-electron chi connectivity index (χ0n) is 11.3. The van der Waals surface area contributed by atoms with Crippen LogP contribution in [0, 0.1) is 10.1 Å². The molecule has 0 spiro atoms. The van der Waals surface area contributed by atoms with Gasteiger partial charge in [0.2, 0.25) is 5.91 Å². The topological polar surface area (TPSA) is 127 Å². The second kappa shape index (κ2) is 6.21. The molecule has 112 valence electrons. The third-order valence-electron chi connectivity index (χ3n) is 3.07. The number of benzene rings is 1. The summed E-state index contributed by atoms with van der Waals surface area (Å²) in [7, 11) is 0. The Morgan fingerprint density at radius 3 is 2.71 bits per heavy atom. The molecule has 0 bridgehead atoms. The van der Waals surface area contributed by atoms with Gasteiger partial charge >= 0.3 is 0 Å². The van der Waals surface area contributed by atoms with Gasteiger partial charge in [-0.1, -0.05) is 0 Å². The molecule has 0 unspecified atom stereocenters. The van der Waals surface area contributed by atoms with Gasteiger partial charge < -0.3 is 16.4 Å². The number of nitrogens with zero attached hydrogens (tertiary/aromatic N) is 1. The van der Waals surface area contributed by atoms with E-state index in [-0.39, 0.29) is 41.9 Å². The summed E-state index contributed by atoms with van der Waals surface area (Å²) in [6, 6.07) is 4.12. The van der Waals surface area contributed by atoms with Crippen LogP contribution in [0.4, 0.5) is 11.4 Å². The molecule has 0 saturated heterocycles. The van der Waals surface area contributed by atoms with Crippen LogP contribution in [0.3, 0.4) is 0 Å². The first-order valence-corrected chi connectivity index (χ1v) is 6.59. The van der Waals surface area contributed by atoms with Crippen molar-refractivity contribution >= 4 is 23.2 Å². The molecule has 0 heterocycles. The van der Waals surface area contributed by atoms with Gasteiger partial charge in [0.25, 0.3) is 11.6 Å². The Hall–Kier alpha value is -2.64. The molecule has 4 N–H and O–H groups in total. The van der Waals surface area contributed by atoms with Crippen molar-refractivity contribution < 1.29 is 14.5 Å². The molecule has 0 aromatic heterocycles. The van der Waals surface area contributed by atoms with E-state index in [9.17, 15) is 19.7 Å². The van der Waals surface area contributed by atoms with Crippen molar-refractivity contribution in [3.63, 3.8) is 0 Å². The Labute approximate surface area is 120 Å². The summed E-state index contributed by atoms with van der Waals surface area (Å²) in [6.07, 6.45) is 2.19. The predicted molar refractivity (Wildman–Crippen MR) is 75.6 cm³/mol. The average Bonchev–Trinajstić information content (AvgIpc) is 3.22. The van der Waals surface area contributed by atoms with Gasteiger partial charge in [0.15, 0.2) is 0 Å². The zero-order valence-corrected chi connectivity index (χ0v) is 11.3. The van der Waals surface area contributed by atoms with E-state index in [1.807, 2.05) is 0 Å². The fourth-order valence-corrected chi connectivity index (χ4v) is 1.76. The van der Waals surface area contributed by atoms with Crippen LogP contribution in [-0.2, 0) is 4.79 Å². The third-order valence-corrected chi connectivity index (χ3v) is 3.07. The molecule has 21 heavy (non-hydrogen) atoms. The van der Waals surface area contributed by atoms with Gasteiger partial charge in [0, 0.05) is 30.6 Å². The van der Waals surface area contributed by atoms with Crippen molar-refractivity contribution in [1.29, 1.82) is 0 Å². The standard InChI is InChI=1S/C13H16N4O4/c14-10-4-1-8(7-11(10)17(20)21)13(19)15-6-5-12(18)16-9-2-3-9/h1,4,7,9H,2-3,5-6,14H2,(H,15,19)(H,16,18). The van der Waals surface area contributed by atoms with Gasteiger partial charge in [0.05, 0.1) is 4.92 Å². The molecule has 1 saturated carbocycles. The normalized spacial score (nSPS) is 13.5. The van der Waals surface area contributed by atoms with Crippen molar-refractivity contribution in [3.8, 4) is 0 Å². The molecular formula is C13H16N4O4. The Bertz CT molecular complexity index is 584. The number of hydrogen-bond acceptors (Lipinski definition) is 5. The van der Waals surface area contributed by atoms with Crippen LogP contribution in [0.25, 0.3) is 0 Å². The quantitative estimate of drug-likeness (QED) is 0.401. The lowest BCUT2D eigenvalue weighted by molar-refractivity contribution is -0.383. The van der Waals surface area contributed by atoms with Gasteiger partial charge in [-0.15, -0.1) is 0 Å². The summed E-state index contributed by atoms with van der Waals surface area (Å²) in [5.74, 6) is -0.585. The van der Waals surface area contributed by atoms with E-state index in [1.54, 1.807) is 0 Å². The molecule has 2 amide bonds. The van der Waals surface area contributed by atoms with E-state index in [4.69, 9.17) is 5.73 Å². The SMILES string of the molecule is Nc1ccc(C(=O)NCCC(=O)NC2CC2)cc1[N+](=O)[O-]. The van der Waals surface area contributed by atoms with Crippen molar-refractivity contribution in [3.05, 3.63) is 33.9 Å². The first-order valence-electron chi connectivity index (χ1n) is 6.59. The molecule has 8 heteroatoms. The van der Waals surface area contributed by atoms with Gasteiger partial charge in [-0.2, -0.15) is 0 Å². The molecule has 0 atom stereocenters. The summed E-state index contributed by atoms with van der Waals surface area (Å²) in [5, 5.41) is 16.1. The molecule has 1 fully saturated rings. The minimum absolute atomic E-state index is 0.000334. The van der Waals surface area contributed by atoms with Gasteiger partial charge in [0.1, 0.15) is 5.69 Å². The summed E-state index contributed by atoms with van der Waals surface area (Å²) in [4.78, 5) is 33.4. The highest BCUT2D eigenvalue weighted by molar-refractivity contribution is 5.95. The number of carbonyl (C=O) groups excluding carboxylic acids is 2. The molecule has 1 aromatic rings. The predicted octanol–water partition coefficient (Wildman–Crippen LogP) is 0.575. The Balaban J connectivity index is 1.86. The molecule has 0 radical (unpaired) electrons. The number of nitrogens with one attached hydrogen (secondary N) is 2. The van der Waals surface area contributed by atoms with Crippen LogP contribution in [0.1, 0.15) is 29.6 Å². The molecule has 1 aliphatic rings. The van der Waals surface area contributed by atoms with Crippen LogP contribution in [0.5, 0.6) is 0 Å². The van der Waals surface area contributed by atoms with Crippen LogP contribution < -0.4 is 16.4 Å².